The van der Waals surface area contributed by atoms with Crippen LogP contribution < -0.4 is 29.4 Å². The first-order valence-corrected chi connectivity index (χ1v) is 17.4. The number of quaternary nitrogens is 3. The maximum atomic E-state index is 8.48. The van der Waals surface area contributed by atoms with Crippen LogP contribution in [-0.2, 0) is 0 Å². The van der Waals surface area contributed by atoms with Crippen LogP contribution in [0.3, 0.4) is 0 Å². The van der Waals surface area contributed by atoms with Gasteiger partial charge >= 0.3 is 0 Å². The molecule has 0 saturated carbocycles. The summed E-state index contributed by atoms with van der Waals surface area (Å²) in [4.78, 5) is 1.79. The van der Waals surface area contributed by atoms with Crippen molar-refractivity contribution in [2.45, 2.75) is 107 Å². The average molecular weight is 728 g/mol. The minimum absolute atomic E-state index is 0. The molecule has 0 aliphatic rings. The van der Waals surface area contributed by atoms with Crippen LogP contribution in [0.1, 0.15) is 107 Å². The zero-order valence-corrected chi connectivity index (χ0v) is 34.2. The summed E-state index contributed by atoms with van der Waals surface area (Å²) >= 11 is 0. The van der Waals surface area contributed by atoms with Gasteiger partial charge in [0.2, 0.25) is 0 Å². The van der Waals surface area contributed by atoms with Gasteiger partial charge < -0.3 is 63.6 Å². The number of rotatable bonds is 22. The Balaban J connectivity index is -0.0000000845. The third-order valence-corrected chi connectivity index (χ3v) is 6.83. The number of hydrogen-bond acceptors (Lipinski definition) is 5. The van der Waals surface area contributed by atoms with Crippen molar-refractivity contribution in [3.8, 4) is 0 Å². The summed E-state index contributed by atoms with van der Waals surface area (Å²) in [5.41, 5.74) is 0. The summed E-state index contributed by atoms with van der Waals surface area (Å²) in [6.07, 6.45) is 10.7. The molecule has 0 spiro atoms. The average Bonchev–Trinajstić information content (AvgIpc) is 2.86. The Labute approximate surface area is 294 Å². The number of aliphatic hydroxyl groups is 3. The van der Waals surface area contributed by atoms with Gasteiger partial charge in [0.1, 0.15) is 0 Å². The van der Waals surface area contributed by atoms with Crippen LogP contribution in [-0.4, -0.2) is 159 Å². The molecule has 44 heavy (non-hydrogen) atoms. The van der Waals surface area contributed by atoms with Gasteiger partial charge in [-0.3, -0.25) is 4.90 Å². The van der Waals surface area contributed by atoms with Crippen LogP contribution in [0.25, 0.3) is 0 Å². The van der Waals surface area contributed by atoms with Crippen molar-refractivity contribution in [2.75, 3.05) is 120 Å². The van der Waals surface area contributed by atoms with E-state index in [0.717, 1.165) is 4.48 Å². The van der Waals surface area contributed by atoms with E-state index < -0.39 is 0 Å². The van der Waals surface area contributed by atoms with Crippen molar-refractivity contribution in [3.05, 3.63) is 0 Å². The standard InChI is InChI=1S/2C12H28N.C6H15NO3.C4H12N.BrH.ClH.H2O/c2*1-5-9-13(10-6-2,11-7-3)12-8-4;8-4-1-7(2-5-9)3-6-10;1-5(2,3)4;;;/h2*5-12H2,1-4H3;8-10H,1-6H2;1-4H3;2*1H;1H2/q2*+1;;+1;;;/p-3. The quantitative estimate of drug-likeness (QED) is 0.129. The Hall–Kier alpha value is 0.450. The lowest BCUT2D eigenvalue weighted by molar-refractivity contribution is -0.928. The molecule has 0 aromatic heterocycles. The van der Waals surface area contributed by atoms with Gasteiger partial charge in [-0.05, 0) is 51.4 Å². The van der Waals surface area contributed by atoms with Crippen LogP contribution in [0.4, 0.5) is 0 Å². The minimum Gasteiger partial charge on any atom is -1.00 e. The van der Waals surface area contributed by atoms with E-state index in [0.29, 0.717) is 19.6 Å². The predicted molar refractivity (Wildman–Crippen MR) is 185 cm³/mol. The summed E-state index contributed by atoms with van der Waals surface area (Å²) in [6, 6.07) is 0. The van der Waals surface area contributed by atoms with E-state index in [1.807, 2.05) is 0 Å². The summed E-state index contributed by atoms with van der Waals surface area (Å²) in [5, 5.41) is 25.5. The molecular weight excluding hydrogens is 644 g/mol. The van der Waals surface area contributed by atoms with Crippen LogP contribution >= 0.6 is 0 Å². The van der Waals surface area contributed by atoms with Gasteiger partial charge in [-0.1, -0.05) is 55.4 Å². The molecule has 0 fully saturated rings. The Kier molecular flexibility index (Phi) is 56.4. The monoisotopic (exact) mass is 727 g/mol. The van der Waals surface area contributed by atoms with E-state index in [1.54, 1.807) is 4.90 Å². The molecular formula is C34H84BrClN4O4. The molecule has 0 unspecified atom stereocenters. The smallest absolute Gasteiger partial charge is 0.0783 e. The summed E-state index contributed by atoms with van der Waals surface area (Å²) in [6.45, 7) is 31.3. The van der Waals surface area contributed by atoms with E-state index >= 15 is 0 Å². The molecule has 0 aromatic carbocycles. The number of aliphatic hydroxyl groups excluding tert-OH is 3. The molecule has 0 saturated heterocycles. The van der Waals surface area contributed by atoms with Crippen molar-refractivity contribution in [1.82, 2.24) is 4.90 Å². The summed E-state index contributed by atoms with van der Waals surface area (Å²) in [5.74, 6) is 0. The lowest BCUT2D eigenvalue weighted by Gasteiger charge is -2.38. The van der Waals surface area contributed by atoms with Crippen molar-refractivity contribution < 1.29 is 63.6 Å². The van der Waals surface area contributed by atoms with E-state index in [4.69, 9.17) is 15.3 Å². The molecule has 4 N–H and O–H groups in total. The maximum Gasteiger partial charge on any atom is 0.0783 e. The highest BCUT2D eigenvalue weighted by atomic mass is 79.9. The molecule has 0 aliphatic carbocycles. The van der Waals surface area contributed by atoms with Crippen LogP contribution in [0.15, 0.2) is 0 Å². The van der Waals surface area contributed by atoms with Gasteiger partial charge in [0.15, 0.2) is 0 Å². The second kappa shape index (κ2) is 41.5. The normalized spacial score (nSPS) is 10.9. The third kappa shape index (κ3) is 42.5. The molecule has 278 valence electrons. The first-order valence-electron chi connectivity index (χ1n) is 17.4. The van der Waals surface area contributed by atoms with E-state index in [9.17, 15) is 0 Å². The molecule has 0 radical (unpaired) electrons. The van der Waals surface area contributed by atoms with Crippen molar-refractivity contribution in [2.24, 2.45) is 0 Å². The summed E-state index contributed by atoms with van der Waals surface area (Å²) < 4.78 is 3.75. The second-order valence-corrected chi connectivity index (χ2v) is 13.2. The zero-order chi connectivity index (χ0) is 32.6. The lowest BCUT2D eigenvalue weighted by atomic mass is 10.2. The Morgan fingerprint density at radius 2 is 0.545 bits per heavy atom. The van der Waals surface area contributed by atoms with Gasteiger partial charge in [-0.15, -0.1) is 0 Å². The largest absolute Gasteiger partial charge is 1.00 e. The fourth-order valence-corrected chi connectivity index (χ4v) is 5.90. The highest BCUT2D eigenvalue weighted by molar-refractivity contribution is 4.54. The predicted octanol–water partition coefficient (Wildman–Crippen LogP) is -0.695. The Morgan fingerprint density at radius 1 is 0.409 bits per heavy atom. The van der Waals surface area contributed by atoms with Crippen molar-refractivity contribution >= 4 is 0 Å². The molecule has 0 aliphatic heterocycles. The first kappa shape index (κ1) is 59.8. The minimum atomic E-state index is 0. The van der Waals surface area contributed by atoms with Gasteiger partial charge in [0.05, 0.1) is 100 Å². The molecule has 0 atom stereocenters. The Morgan fingerprint density at radius 3 is 0.636 bits per heavy atom. The lowest BCUT2D eigenvalue weighted by Crippen LogP contribution is -3.00. The Bertz CT molecular complexity index is 397. The van der Waals surface area contributed by atoms with Crippen LogP contribution in [0.5, 0.6) is 0 Å². The molecule has 0 amide bonds. The topological polar surface area (TPSA) is 93.9 Å². The molecule has 8 nitrogen and oxygen atoms in total. The van der Waals surface area contributed by atoms with Gasteiger partial charge in [0.25, 0.3) is 0 Å². The van der Waals surface area contributed by atoms with Gasteiger partial charge in [-0.25, -0.2) is 0 Å². The maximum absolute atomic E-state index is 8.48. The van der Waals surface area contributed by atoms with Gasteiger partial charge in [-0.2, -0.15) is 0 Å². The molecule has 0 rings (SSSR count). The number of hydrogen-bond donors (Lipinski definition) is 3. The highest BCUT2D eigenvalue weighted by Gasteiger charge is 2.23. The highest BCUT2D eigenvalue weighted by Crippen LogP contribution is 2.13. The number of halogens is 2. The first-order chi connectivity index (χ1) is 19.3. The third-order valence-electron chi connectivity index (χ3n) is 6.83. The SMILES string of the molecule is CCC[N+](CCC)(CCC)CCC.CCC[N+](CCC)(CCC)CCC.C[N+](C)(C)C.OCCN(CCO)CCO.[Br-].[Cl-].[OH-]. The molecule has 0 bridgehead atoms. The molecule has 0 aromatic rings. The van der Waals surface area contributed by atoms with Crippen molar-refractivity contribution in [1.29, 1.82) is 0 Å². The zero-order valence-electron chi connectivity index (χ0n) is 31.9. The van der Waals surface area contributed by atoms with E-state index in [1.165, 1.54) is 113 Å². The summed E-state index contributed by atoms with van der Waals surface area (Å²) in [7, 11) is 8.50. The van der Waals surface area contributed by atoms with Crippen molar-refractivity contribution in [3.63, 3.8) is 0 Å². The fourth-order valence-electron chi connectivity index (χ4n) is 5.90. The molecule has 10 heteroatoms. The number of nitrogens with zero attached hydrogens (tertiary/aromatic N) is 4. The van der Waals surface area contributed by atoms with Crippen LogP contribution in [0.2, 0.25) is 0 Å². The van der Waals surface area contributed by atoms with Crippen LogP contribution in [0, 0.1) is 0 Å². The van der Waals surface area contributed by atoms with Gasteiger partial charge in [0, 0.05) is 19.6 Å². The van der Waals surface area contributed by atoms with E-state index in [2.05, 4.69) is 83.6 Å². The molecule has 0 heterocycles. The second-order valence-electron chi connectivity index (χ2n) is 13.2. The fraction of sp³-hybridized carbons (Fsp3) is 1.00. The van der Waals surface area contributed by atoms with E-state index in [-0.39, 0.29) is 54.7 Å².